The van der Waals surface area contributed by atoms with Gasteiger partial charge in [0.2, 0.25) is 0 Å². The van der Waals surface area contributed by atoms with Crippen LogP contribution in [0.2, 0.25) is 0 Å². The molecule has 0 bridgehead atoms. The van der Waals surface area contributed by atoms with Crippen molar-refractivity contribution in [2.24, 2.45) is 0 Å². The van der Waals surface area contributed by atoms with Gasteiger partial charge in [0.1, 0.15) is 0 Å². The first kappa shape index (κ1) is 13.4. The Kier molecular flexibility index (Phi) is 5.33. The Bertz CT molecular complexity index is 349. The molecule has 0 aliphatic carbocycles. The van der Waals surface area contributed by atoms with Gasteiger partial charge in [0.25, 0.3) is 0 Å². The first-order chi connectivity index (χ1) is 8.17. The summed E-state index contributed by atoms with van der Waals surface area (Å²) >= 11 is 0. The summed E-state index contributed by atoms with van der Waals surface area (Å²) in [6.45, 7) is 5.51. The minimum Gasteiger partial charge on any atom is -0.450 e. The van der Waals surface area contributed by atoms with E-state index in [4.69, 9.17) is 10.5 Å². The number of carbonyl (C=O) groups excluding carboxylic acids is 1. The molecule has 94 valence electrons. The molecule has 0 saturated heterocycles. The molecule has 0 unspecified atom stereocenters. The third-order valence-electron chi connectivity index (χ3n) is 2.37. The van der Waals surface area contributed by atoms with E-state index >= 15 is 0 Å². The fourth-order valence-corrected chi connectivity index (χ4v) is 1.56. The van der Waals surface area contributed by atoms with E-state index in [9.17, 15) is 4.79 Å². The zero-order chi connectivity index (χ0) is 12.7. The molecule has 0 heterocycles. The molecule has 0 radical (unpaired) electrons. The molecule has 0 aromatic heterocycles. The molecule has 0 saturated carbocycles. The third kappa shape index (κ3) is 4.34. The fraction of sp³-hybridized carbons (Fsp3) is 0.462. The maximum atomic E-state index is 11.7. The van der Waals surface area contributed by atoms with Crippen molar-refractivity contribution in [2.45, 2.75) is 26.8 Å². The molecular weight excluding hydrogens is 216 g/mol. The van der Waals surface area contributed by atoms with Crippen LogP contribution in [0.25, 0.3) is 0 Å². The van der Waals surface area contributed by atoms with E-state index in [2.05, 4.69) is 0 Å². The minimum absolute atomic E-state index is 0.258. The summed E-state index contributed by atoms with van der Waals surface area (Å²) in [5, 5.41) is 0. The lowest BCUT2D eigenvalue weighted by Gasteiger charge is -2.21. The number of benzene rings is 1. The second kappa shape index (κ2) is 6.78. The van der Waals surface area contributed by atoms with Crippen LogP contribution < -0.4 is 5.73 Å². The Labute approximate surface area is 102 Å². The second-order valence-corrected chi connectivity index (χ2v) is 3.86. The smallest absolute Gasteiger partial charge is 0.410 e. The zero-order valence-corrected chi connectivity index (χ0v) is 10.5. The van der Waals surface area contributed by atoms with Gasteiger partial charge >= 0.3 is 6.09 Å². The Hall–Kier alpha value is -1.71. The number of nitrogens with two attached hydrogens (primary N) is 1. The highest BCUT2D eigenvalue weighted by Crippen LogP contribution is 2.10. The van der Waals surface area contributed by atoms with Crippen molar-refractivity contribution in [3.8, 4) is 0 Å². The number of ether oxygens (including phenoxy) is 1. The maximum Gasteiger partial charge on any atom is 0.410 e. The Balaban J connectivity index is 2.65. The quantitative estimate of drug-likeness (QED) is 0.799. The van der Waals surface area contributed by atoms with Crippen molar-refractivity contribution in [3.05, 3.63) is 29.8 Å². The number of amides is 1. The topological polar surface area (TPSA) is 55.6 Å². The van der Waals surface area contributed by atoms with Gasteiger partial charge < -0.3 is 15.4 Å². The van der Waals surface area contributed by atoms with E-state index < -0.39 is 0 Å². The van der Waals surface area contributed by atoms with E-state index in [1.54, 1.807) is 4.90 Å². The van der Waals surface area contributed by atoms with Crippen LogP contribution in [0.5, 0.6) is 0 Å². The van der Waals surface area contributed by atoms with Gasteiger partial charge in [-0.1, -0.05) is 19.1 Å². The van der Waals surface area contributed by atoms with Crippen molar-refractivity contribution < 1.29 is 9.53 Å². The summed E-state index contributed by atoms with van der Waals surface area (Å²) in [5.41, 5.74) is 7.40. The van der Waals surface area contributed by atoms with Crippen molar-refractivity contribution in [1.29, 1.82) is 0 Å². The lowest BCUT2D eigenvalue weighted by molar-refractivity contribution is 0.104. The molecule has 0 atom stereocenters. The number of nitrogens with zero attached hydrogens (tertiary/aromatic N) is 1. The number of nitrogen functional groups attached to an aromatic ring is 1. The molecule has 1 amide bonds. The van der Waals surface area contributed by atoms with E-state index in [0.717, 1.165) is 17.7 Å². The van der Waals surface area contributed by atoms with E-state index in [1.165, 1.54) is 0 Å². The summed E-state index contributed by atoms with van der Waals surface area (Å²) < 4.78 is 5.01. The number of hydrogen-bond donors (Lipinski definition) is 1. The predicted octanol–water partition coefficient (Wildman–Crippen LogP) is 2.64. The molecule has 0 spiro atoms. The summed E-state index contributed by atoms with van der Waals surface area (Å²) in [4.78, 5) is 13.4. The van der Waals surface area contributed by atoms with Crippen LogP contribution in [-0.2, 0) is 11.3 Å². The van der Waals surface area contributed by atoms with Gasteiger partial charge in [-0.15, -0.1) is 0 Å². The summed E-state index contributed by atoms with van der Waals surface area (Å²) in [6, 6.07) is 7.53. The largest absolute Gasteiger partial charge is 0.450 e. The molecule has 17 heavy (non-hydrogen) atoms. The predicted molar refractivity (Wildman–Crippen MR) is 68.6 cm³/mol. The Morgan fingerprint density at radius 1 is 1.29 bits per heavy atom. The number of anilines is 1. The minimum atomic E-state index is -0.258. The van der Waals surface area contributed by atoms with Gasteiger partial charge in [0, 0.05) is 18.8 Å². The number of carbonyl (C=O) groups is 1. The molecule has 0 fully saturated rings. The van der Waals surface area contributed by atoms with Crippen LogP contribution >= 0.6 is 0 Å². The molecular formula is C13H20N2O2. The zero-order valence-electron chi connectivity index (χ0n) is 10.5. The average Bonchev–Trinajstić information content (AvgIpc) is 2.31. The molecule has 0 aliphatic heterocycles. The molecule has 4 heteroatoms. The van der Waals surface area contributed by atoms with E-state index in [-0.39, 0.29) is 6.09 Å². The van der Waals surface area contributed by atoms with Crippen molar-refractivity contribution in [2.75, 3.05) is 18.9 Å². The number of rotatable bonds is 5. The Morgan fingerprint density at radius 3 is 2.47 bits per heavy atom. The summed E-state index contributed by atoms with van der Waals surface area (Å²) in [6.07, 6.45) is 0.652. The van der Waals surface area contributed by atoms with Gasteiger partial charge in [0.15, 0.2) is 0 Å². The monoisotopic (exact) mass is 236 g/mol. The molecule has 1 rings (SSSR count). The highest BCUT2D eigenvalue weighted by atomic mass is 16.6. The van der Waals surface area contributed by atoms with E-state index in [0.29, 0.717) is 19.7 Å². The summed E-state index contributed by atoms with van der Waals surface area (Å²) in [7, 11) is 0. The highest BCUT2D eigenvalue weighted by Gasteiger charge is 2.13. The van der Waals surface area contributed by atoms with Crippen molar-refractivity contribution in [1.82, 2.24) is 4.90 Å². The normalized spacial score (nSPS) is 10.0. The van der Waals surface area contributed by atoms with Crippen LogP contribution in [0, 0.1) is 0 Å². The lowest BCUT2D eigenvalue weighted by Crippen LogP contribution is -2.31. The average molecular weight is 236 g/mol. The first-order valence-electron chi connectivity index (χ1n) is 5.93. The molecule has 2 N–H and O–H groups in total. The van der Waals surface area contributed by atoms with Crippen LogP contribution in [0.15, 0.2) is 24.3 Å². The van der Waals surface area contributed by atoms with Gasteiger partial charge in [0.05, 0.1) is 6.61 Å². The molecule has 4 nitrogen and oxygen atoms in total. The van der Waals surface area contributed by atoms with E-state index in [1.807, 2.05) is 38.1 Å². The Morgan fingerprint density at radius 2 is 1.94 bits per heavy atom. The summed E-state index contributed by atoms with van der Waals surface area (Å²) in [5.74, 6) is 0. The lowest BCUT2D eigenvalue weighted by atomic mass is 10.2. The first-order valence-corrected chi connectivity index (χ1v) is 5.93. The van der Waals surface area contributed by atoms with Crippen LogP contribution in [0.1, 0.15) is 25.8 Å². The van der Waals surface area contributed by atoms with Crippen LogP contribution in [0.3, 0.4) is 0 Å². The van der Waals surface area contributed by atoms with Gasteiger partial charge in [-0.25, -0.2) is 4.79 Å². The standard InChI is InChI=1S/C13H20N2O2/c1-3-9-15(13(16)17-4-2)10-11-5-7-12(14)8-6-11/h5-8H,3-4,9-10,14H2,1-2H3. The van der Waals surface area contributed by atoms with Crippen LogP contribution in [-0.4, -0.2) is 24.1 Å². The van der Waals surface area contributed by atoms with Gasteiger partial charge in [-0.3, -0.25) is 0 Å². The molecule has 1 aromatic carbocycles. The highest BCUT2D eigenvalue weighted by molar-refractivity contribution is 5.67. The third-order valence-corrected chi connectivity index (χ3v) is 2.37. The van der Waals surface area contributed by atoms with Crippen molar-refractivity contribution >= 4 is 11.8 Å². The van der Waals surface area contributed by atoms with Crippen LogP contribution in [0.4, 0.5) is 10.5 Å². The van der Waals surface area contributed by atoms with Gasteiger partial charge in [-0.2, -0.15) is 0 Å². The van der Waals surface area contributed by atoms with Gasteiger partial charge in [-0.05, 0) is 31.0 Å². The molecule has 1 aromatic rings. The maximum absolute atomic E-state index is 11.7. The van der Waals surface area contributed by atoms with Crippen molar-refractivity contribution in [3.63, 3.8) is 0 Å². The second-order valence-electron chi connectivity index (χ2n) is 3.86. The SMILES string of the molecule is CCCN(Cc1ccc(N)cc1)C(=O)OCC. The fourth-order valence-electron chi connectivity index (χ4n) is 1.56. The number of hydrogen-bond acceptors (Lipinski definition) is 3. The molecule has 0 aliphatic rings.